The summed E-state index contributed by atoms with van der Waals surface area (Å²) < 4.78 is 30.8. The summed E-state index contributed by atoms with van der Waals surface area (Å²) in [6.45, 7) is 7.16. The molecule has 0 bridgehead atoms. The summed E-state index contributed by atoms with van der Waals surface area (Å²) >= 11 is 0. The third kappa shape index (κ3) is 9.54. The molecule has 3 aromatic carbocycles. The highest BCUT2D eigenvalue weighted by Gasteiger charge is 2.16. The van der Waals surface area contributed by atoms with Gasteiger partial charge in [0, 0.05) is 0 Å². The maximum atomic E-state index is 14.5. The Kier molecular flexibility index (Phi) is 12.0. The Morgan fingerprint density at radius 3 is 2.03 bits per heavy atom. The molecule has 3 aromatic rings. The van der Waals surface area contributed by atoms with E-state index >= 15 is 0 Å². The number of hydrogen-bond acceptors (Lipinski definition) is 5. The van der Waals surface area contributed by atoms with Crippen molar-refractivity contribution in [2.75, 3.05) is 13.2 Å². The molecule has 0 N–H and O–H groups in total. The van der Waals surface area contributed by atoms with Crippen LogP contribution >= 0.6 is 0 Å². The molecule has 0 saturated carbocycles. The van der Waals surface area contributed by atoms with Gasteiger partial charge in [-0.2, -0.15) is 0 Å². The summed E-state index contributed by atoms with van der Waals surface area (Å²) in [5.74, 6) is -1.30. The molecule has 0 aliphatic rings. The second-order valence-electron chi connectivity index (χ2n) is 9.86. The lowest BCUT2D eigenvalue weighted by Crippen LogP contribution is -2.13. The van der Waals surface area contributed by atoms with Crippen LogP contribution in [0.25, 0.3) is 11.1 Å². The molecule has 0 aromatic heterocycles. The van der Waals surface area contributed by atoms with Crippen molar-refractivity contribution in [3.05, 3.63) is 83.7 Å². The van der Waals surface area contributed by atoms with Crippen LogP contribution in [0.1, 0.15) is 86.4 Å². The third-order valence-electron chi connectivity index (χ3n) is 6.64. The SMILES string of the molecule is CCCCCCCCOc1ccc(-c2ccc(C(=O)Oc3ccc(C(=O)OC[C@H](C)CC)cc3F)cc2)cc1. The summed E-state index contributed by atoms with van der Waals surface area (Å²) in [7, 11) is 0. The van der Waals surface area contributed by atoms with E-state index < -0.39 is 17.8 Å². The van der Waals surface area contributed by atoms with Crippen molar-refractivity contribution in [3.8, 4) is 22.6 Å². The number of rotatable bonds is 15. The Morgan fingerprint density at radius 2 is 1.38 bits per heavy atom. The van der Waals surface area contributed by atoms with E-state index in [-0.39, 0.29) is 29.4 Å². The average molecular weight is 535 g/mol. The number of hydrogen-bond donors (Lipinski definition) is 0. The van der Waals surface area contributed by atoms with Gasteiger partial charge >= 0.3 is 11.9 Å². The van der Waals surface area contributed by atoms with E-state index in [4.69, 9.17) is 14.2 Å². The summed E-state index contributed by atoms with van der Waals surface area (Å²) in [5, 5.41) is 0. The highest BCUT2D eigenvalue weighted by Crippen LogP contribution is 2.25. The number of benzene rings is 3. The van der Waals surface area contributed by atoms with Gasteiger partial charge in [-0.15, -0.1) is 0 Å². The van der Waals surface area contributed by atoms with Gasteiger partial charge in [0.25, 0.3) is 0 Å². The monoisotopic (exact) mass is 534 g/mol. The topological polar surface area (TPSA) is 61.8 Å². The van der Waals surface area contributed by atoms with Gasteiger partial charge in [-0.3, -0.25) is 0 Å². The fraction of sp³-hybridized carbons (Fsp3) is 0.394. The number of carbonyl (C=O) groups is 2. The first-order valence-corrected chi connectivity index (χ1v) is 13.9. The van der Waals surface area contributed by atoms with Gasteiger partial charge in [-0.05, 0) is 65.9 Å². The van der Waals surface area contributed by atoms with Crippen LogP contribution in [-0.2, 0) is 4.74 Å². The predicted octanol–water partition coefficient (Wildman–Crippen LogP) is 8.65. The zero-order chi connectivity index (χ0) is 28.0. The molecule has 0 radical (unpaired) electrons. The molecule has 0 heterocycles. The van der Waals surface area contributed by atoms with E-state index in [1.165, 1.54) is 44.2 Å². The molecule has 0 amide bonds. The molecule has 5 nitrogen and oxygen atoms in total. The molecular formula is C33H39FO5. The molecular weight excluding hydrogens is 495 g/mol. The molecule has 0 aliphatic heterocycles. The van der Waals surface area contributed by atoms with Crippen LogP contribution < -0.4 is 9.47 Å². The van der Waals surface area contributed by atoms with Crippen LogP contribution in [0.5, 0.6) is 11.5 Å². The summed E-state index contributed by atoms with van der Waals surface area (Å²) in [5.41, 5.74) is 2.28. The number of carbonyl (C=O) groups excluding carboxylic acids is 2. The lowest BCUT2D eigenvalue weighted by atomic mass is 10.0. The highest BCUT2D eigenvalue weighted by atomic mass is 19.1. The van der Waals surface area contributed by atoms with Crippen LogP contribution in [0.3, 0.4) is 0 Å². The summed E-state index contributed by atoms with van der Waals surface area (Å²) in [6, 6.07) is 18.4. The standard InChI is InChI=1S/C33H39FO5/c1-4-6-7-8-9-10-21-37-29-18-15-26(16-19-29)25-11-13-27(14-12-25)33(36)39-31-20-17-28(22-30(31)34)32(35)38-23-24(3)5-2/h11-20,22,24H,4-10,21,23H2,1-3H3/t24-/m1/s1. The number of esters is 2. The van der Waals surface area contributed by atoms with Crippen LogP contribution in [0, 0.1) is 11.7 Å². The van der Waals surface area contributed by atoms with Crippen LogP contribution in [0.4, 0.5) is 4.39 Å². The second-order valence-corrected chi connectivity index (χ2v) is 9.86. The molecule has 6 heteroatoms. The molecule has 3 rings (SSSR count). The van der Waals surface area contributed by atoms with E-state index in [2.05, 4.69) is 6.92 Å². The number of unbranched alkanes of at least 4 members (excludes halogenated alkanes) is 5. The van der Waals surface area contributed by atoms with Crippen LogP contribution in [0.15, 0.2) is 66.7 Å². The van der Waals surface area contributed by atoms with Crippen LogP contribution in [-0.4, -0.2) is 25.2 Å². The van der Waals surface area contributed by atoms with E-state index in [0.717, 1.165) is 35.8 Å². The fourth-order valence-electron chi connectivity index (χ4n) is 3.90. The van der Waals surface area contributed by atoms with Gasteiger partial charge in [0.2, 0.25) is 0 Å². The quantitative estimate of drug-likeness (QED) is 0.111. The maximum absolute atomic E-state index is 14.5. The highest BCUT2D eigenvalue weighted by molar-refractivity contribution is 5.92. The van der Waals surface area contributed by atoms with E-state index in [9.17, 15) is 14.0 Å². The molecule has 1 atom stereocenters. The molecule has 0 aliphatic carbocycles. The van der Waals surface area contributed by atoms with E-state index in [0.29, 0.717) is 6.61 Å². The Bertz CT molecular complexity index is 1190. The van der Waals surface area contributed by atoms with Crippen molar-refractivity contribution in [1.29, 1.82) is 0 Å². The van der Waals surface area contributed by atoms with Crippen molar-refractivity contribution in [3.63, 3.8) is 0 Å². The minimum atomic E-state index is -0.809. The van der Waals surface area contributed by atoms with Crippen molar-refractivity contribution in [2.45, 2.75) is 65.7 Å². The Morgan fingerprint density at radius 1 is 0.769 bits per heavy atom. The molecule has 0 unspecified atom stereocenters. The van der Waals surface area contributed by atoms with Gasteiger partial charge < -0.3 is 14.2 Å². The minimum Gasteiger partial charge on any atom is -0.494 e. The summed E-state index contributed by atoms with van der Waals surface area (Å²) in [4.78, 5) is 24.7. The van der Waals surface area contributed by atoms with Crippen molar-refractivity contribution >= 4 is 11.9 Å². The Labute approximate surface area is 231 Å². The molecule has 208 valence electrons. The zero-order valence-electron chi connectivity index (χ0n) is 23.2. The largest absolute Gasteiger partial charge is 0.494 e. The average Bonchev–Trinajstić information content (AvgIpc) is 2.96. The Balaban J connectivity index is 1.51. The molecule has 39 heavy (non-hydrogen) atoms. The maximum Gasteiger partial charge on any atom is 0.343 e. The first-order chi connectivity index (χ1) is 18.9. The lowest BCUT2D eigenvalue weighted by Gasteiger charge is -2.11. The van der Waals surface area contributed by atoms with Crippen molar-refractivity contribution in [2.24, 2.45) is 5.92 Å². The van der Waals surface area contributed by atoms with E-state index in [1.807, 2.05) is 50.2 Å². The Hall–Kier alpha value is -3.67. The smallest absolute Gasteiger partial charge is 0.343 e. The normalized spacial score (nSPS) is 11.6. The van der Waals surface area contributed by atoms with Gasteiger partial charge in [-0.25, -0.2) is 14.0 Å². The van der Waals surface area contributed by atoms with Crippen molar-refractivity contribution in [1.82, 2.24) is 0 Å². The minimum absolute atomic E-state index is 0.0683. The first kappa shape index (κ1) is 29.9. The predicted molar refractivity (Wildman–Crippen MR) is 152 cm³/mol. The van der Waals surface area contributed by atoms with E-state index in [1.54, 1.807) is 12.1 Å². The lowest BCUT2D eigenvalue weighted by molar-refractivity contribution is 0.0446. The fourth-order valence-corrected chi connectivity index (χ4v) is 3.90. The first-order valence-electron chi connectivity index (χ1n) is 13.9. The van der Waals surface area contributed by atoms with Gasteiger partial charge in [-0.1, -0.05) is 83.6 Å². The van der Waals surface area contributed by atoms with Crippen molar-refractivity contribution < 1.29 is 28.2 Å². The number of ether oxygens (including phenoxy) is 3. The molecule has 0 fully saturated rings. The second kappa shape index (κ2) is 15.7. The van der Waals surface area contributed by atoms with Gasteiger partial charge in [0.05, 0.1) is 24.3 Å². The molecule has 0 spiro atoms. The summed E-state index contributed by atoms with van der Waals surface area (Å²) in [6.07, 6.45) is 8.23. The van der Waals surface area contributed by atoms with Gasteiger partial charge in [0.15, 0.2) is 11.6 Å². The zero-order valence-corrected chi connectivity index (χ0v) is 23.2. The molecule has 0 saturated heterocycles. The van der Waals surface area contributed by atoms with Crippen LogP contribution in [0.2, 0.25) is 0 Å². The third-order valence-corrected chi connectivity index (χ3v) is 6.64. The van der Waals surface area contributed by atoms with Gasteiger partial charge in [0.1, 0.15) is 5.75 Å². The number of halogens is 1.